The van der Waals surface area contributed by atoms with Crippen LogP contribution in [0.25, 0.3) is 0 Å². The van der Waals surface area contributed by atoms with Gasteiger partial charge in [-0.15, -0.1) is 0 Å². The molecule has 0 heterocycles. The quantitative estimate of drug-likeness (QED) is 0.714. The maximum absolute atomic E-state index is 10.6. The lowest BCUT2D eigenvalue weighted by Crippen LogP contribution is -1.82. The molecular formula is C11H10O2S. The fourth-order valence-corrected chi connectivity index (χ4v) is 1.20. The average molecular weight is 206 g/mol. The number of carbonyl (C=O) groups is 1. The second-order valence-corrected chi connectivity index (χ2v) is 3.75. The molecule has 0 spiro atoms. The summed E-state index contributed by atoms with van der Waals surface area (Å²) in [4.78, 5) is 10.6. The Kier molecular flexibility index (Phi) is 4.09. The molecule has 0 atom stereocenters. The molecule has 0 aliphatic rings. The van der Waals surface area contributed by atoms with Gasteiger partial charge in [0.25, 0.3) is 0 Å². The van der Waals surface area contributed by atoms with Gasteiger partial charge in [0.05, 0.1) is 11.3 Å². The van der Waals surface area contributed by atoms with Crippen LogP contribution in [0, 0.1) is 11.8 Å². The third-order valence-electron chi connectivity index (χ3n) is 1.47. The zero-order valence-electron chi connectivity index (χ0n) is 7.78. The minimum Gasteiger partial charge on any atom is -0.507 e. The molecule has 0 aromatic heterocycles. The van der Waals surface area contributed by atoms with Gasteiger partial charge in [0.15, 0.2) is 5.12 Å². The molecule has 0 amide bonds. The summed E-state index contributed by atoms with van der Waals surface area (Å²) in [6.45, 7) is 1.51. The van der Waals surface area contributed by atoms with Crippen molar-refractivity contribution >= 4 is 16.9 Å². The minimum absolute atomic E-state index is 0.0524. The second-order valence-electron chi connectivity index (χ2n) is 2.60. The van der Waals surface area contributed by atoms with Crippen LogP contribution in [-0.2, 0) is 4.79 Å². The fraction of sp³-hybridized carbons (Fsp3) is 0.182. The maximum Gasteiger partial charge on any atom is 0.186 e. The van der Waals surface area contributed by atoms with E-state index in [0.717, 1.165) is 11.8 Å². The lowest BCUT2D eigenvalue weighted by atomic mass is 10.2. The number of para-hydroxylation sites is 1. The third-order valence-corrected chi connectivity index (χ3v) is 2.17. The molecule has 72 valence electrons. The summed E-state index contributed by atoms with van der Waals surface area (Å²) in [5.74, 6) is 6.24. The molecule has 3 heteroatoms. The van der Waals surface area contributed by atoms with E-state index in [-0.39, 0.29) is 10.9 Å². The van der Waals surface area contributed by atoms with Gasteiger partial charge in [-0.05, 0) is 12.1 Å². The predicted octanol–water partition coefficient (Wildman–Crippen LogP) is 2.02. The summed E-state index contributed by atoms with van der Waals surface area (Å²) in [6.07, 6.45) is 0. The summed E-state index contributed by atoms with van der Waals surface area (Å²) in [7, 11) is 0. The molecule has 0 unspecified atom stereocenters. The van der Waals surface area contributed by atoms with Gasteiger partial charge in [-0.3, -0.25) is 4.79 Å². The number of hydrogen-bond acceptors (Lipinski definition) is 3. The van der Waals surface area contributed by atoms with Crippen LogP contribution in [0.15, 0.2) is 24.3 Å². The van der Waals surface area contributed by atoms with Gasteiger partial charge in [0.1, 0.15) is 5.75 Å². The lowest BCUT2D eigenvalue weighted by molar-refractivity contribution is -0.109. The Labute approximate surface area is 87.3 Å². The molecule has 0 bridgehead atoms. The first-order valence-electron chi connectivity index (χ1n) is 4.10. The lowest BCUT2D eigenvalue weighted by Gasteiger charge is -1.93. The van der Waals surface area contributed by atoms with Crippen LogP contribution in [0.2, 0.25) is 0 Å². The van der Waals surface area contributed by atoms with E-state index >= 15 is 0 Å². The summed E-state index contributed by atoms with van der Waals surface area (Å²) in [5, 5.41) is 9.40. The highest BCUT2D eigenvalue weighted by molar-refractivity contribution is 8.13. The van der Waals surface area contributed by atoms with E-state index in [2.05, 4.69) is 11.8 Å². The number of phenols is 1. The van der Waals surface area contributed by atoms with Gasteiger partial charge in [0, 0.05) is 6.92 Å². The Hall–Kier alpha value is -1.40. The van der Waals surface area contributed by atoms with Crippen molar-refractivity contribution < 1.29 is 9.90 Å². The van der Waals surface area contributed by atoms with Crippen molar-refractivity contribution in [2.24, 2.45) is 0 Å². The van der Waals surface area contributed by atoms with Crippen LogP contribution in [0.5, 0.6) is 5.75 Å². The molecule has 1 rings (SSSR count). The van der Waals surface area contributed by atoms with Gasteiger partial charge in [-0.1, -0.05) is 35.7 Å². The van der Waals surface area contributed by atoms with Crippen molar-refractivity contribution in [2.45, 2.75) is 6.92 Å². The van der Waals surface area contributed by atoms with Gasteiger partial charge >= 0.3 is 0 Å². The van der Waals surface area contributed by atoms with E-state index in [1.165, 1.54) is 6.92 Å². The van der Waals surface area contributed by atoms with Gasteiger partial charge in [0.2, 0.25) is 0 Å². The van der Waals surface area contributed by atoms with E-state index in [4.69, 9.17) is 0 Å². The summed E-state index contributed by atoms with van der Waals surface area (Å²) in [6, 6.07) is 6.87. The Morgan fingerprint density at radius 2 is 2.21 bits per heavy atom. The Morgan fingerprint density at radius 3 is 2.86 bits per heavy atom. The largest absolute Gasteiger partial charge is 0.507 e. The van der Waals surface area contributed by atoms with Gasteiger partial charge in [-0.2, -0.15) is 0 Å². The molecule has 1 aromatic rings. The molecule has 0 saturated heterocycles. The number of thioether (sulfide) groups is 1. The monoisotopic (exact) mass is 206 g/mol. The van der Waals surface area contributed by atoms with Crippen molar-refractivity contribution in [1.29, 1.82) is 0 Å². The maximum atomic E-state index is 10.6. The Bertz CT molecular complexity index is 388. The molecule has 0 aliphatic carbocycles. The number of rotatable bonds is 1. The number of hydrogen-bond donors (Lipinski definition) is 1. The average Bonchev–Trinajstić information content (AvgIpc) is 2.15. The van der Waals surface area contributed by atoms with E-state index in [1.807, 2.05) is 6.07 Å². The molecule has 0 fully saturated rings. The standard InChI is InChI=1S/C11H10O2S/c1-9(12)14-8-4-6-10-5-2-3-7-11(10)13/h2-3,5,7,13H,8H2,1H3. The number of phenolic OH excluding ortho intramolecular Hbond substituents is 1. The highest BCUT2D eigenvalue weighted by Crippen LogP contribution is 2.13. The molecule has 1 N–H and O–H groups in total. The van der Waals surface area contributed by atoms with Crippen LogP contribution in [0.1, 0.15) is 12.5 Å². The van der Waals surface area contributed by atoms with Crippen LogP contribution in [0.4, 0.5) is 0 Å². The summed E-state index contributed by atoms with van der Waals surface area (Å²) >= 11 is 1.16. The van der Waals surface area contributed by atoms with Crippen LogP contribution < -0.4 is 0 Å². The van der Waals surface area contributed by atoms with Gasteiger partial charge < -0.3 is 5.11 Å². The van der Waals surface area contributed by atoms with E-state index in [0.29, 0.717) is 11.3 Å². The predicted molar refractivity (Wildman–Crippen MR) is 58.1 cm³/mol. The first-order chi connectivity index (χ1) is 6.70. The molecule has 0 aliphatic heterocycles. The van der Waals surface area contributed by atoms with Crippen LogP contribution in [-0.4, -0.2) is 16.0 Å². The molecule has 0 saturated carbocycles. The molecular weight excluding hydrogens is 196 g/mol. The molecule has 0 radical (unpaired) electrons. The highest BCUT2D eigenvalue weighted by atomic mass is 32.2. The number of carbonyl (C=O) groups excluding carboxylic acids is 1. The van der Waals surface area contributed by atoms with Crippen LogP contribution in [0.3, 0.4) is 0 Å². The summed E-state index contributed by atoms with van der Waals surface area (Å²) < 4.78 is 0. The minimum atomic E-state index is 0.0524. The smallest absolute Gasteiger partial charge is 0.186 e. The van der Waals surface area contributed by atoms with E-state index < -0.39 is 0 Å². The molecule has 2 nitrogen and oxygen atoms in total. The fourth-order valence-electron chi connectivity index (χ4n) is 0.848. The third kappa shape index (κ3) is 3.55. The highest BCUT2D eigenvalue weighted by Gasteiger charge is 1.93. The zero-order chi connectivity index (χ0) is 10.4. The Morgan fingerprint density at radius 1 is 1.50 bits per heavy atom. The van der Waals surface area contributed by atoms with Crippen molar-refractivity contribution in [3.05, 3.63) is 29.8 Å². The first-order valence-corrected chi connectivity index (χ1v) is 5.09. The second kappa shape index (κ2) is 5.36. The van der Waals surface area contributed by atoms with Crippen molar-refractivity contribution in [1.82, 2.24) is 0 Å². The summed E-state index contributed by atoms with van der Waals surface area (Å²) in [5.41, 5.74) is 0.594. The Balaban J connectivity index is 2.59. The number of aromatic hydroxyl groups is 1. The van der Waals surface area contributed by atoms with E-state index in [9.17, 15) is 9.90 Å². The zero-order valence-corrected chi connectivity index (χ0v) is 8.60. The molecule has 14 heavy (non-hydrogen) atoms. The number of benzene rings is 1. The van der Waals surface area contributed by atoms with Crippen LogP contribution >= 0.6 is 11.8 Å². The van der Waals surface area contributed by atoms with Crippen molar-refractivity contribution in [3.63, 3.8) is 0 Å². The normalized spacial score (nSPS) is 8.93. The first kappa shape index (κ1) is 10.7. The van der Waals surface area contributed by atoms with Crippen molar-refractivity contribution in [2.75, 3.05) is 5.75 Å². The van der Waals surface area contributed by atoms with E-state index in [1.54, 1.807) is 18.2 Å². The SMILES string of the molecule is CC(=O)SCC#Cc1ccccc1O. The van der Waals surface area contributed by atoms with Crippen molar-refractivity contribution in [3.8, 4) is 17.6 Å². The van der Waals surface area contributed by atoms with Gasteiger partial charge in [-0.25, -0.2) is 0 Å². The topological polar surface area (TPSA) is 37.3 Å². The molecule has 1 aromatic carbocycles.